The van der Waals surface area contributed by atoms with Gasteiger partial charge in [0.2, 0.25) is 0 Å². The molecule has 10 heteroatoms. The van der Waals surface area contributed by atoms with Crippen molar-refractivity contribution in [1.82, 2.24) is 14.8 Å². The van der Waals surface area contributed by atoms with E-state index in [0.717, 1.165) is 17.4 Å². The lowest BCUT2D eigenvalue weighted by molar-refractivity contribution is -0.380. The van der Waals surface area contributed by atoms with Crippen LogP contribution in [0.15, 0.2) is 12.4 Å². The summed E-state index contributed by atoms with van der Waals surface area (Å²) in [5.74, 6) is 0.347. The number of nitro groups is 1. The lowest BCUT2D eigenvalue weighted by Gasteiger charge is -2.15. The Hall–Kier alpha value is -1.91. The van der Waals surface area contributed by atoms with Gasteiger partial charge in [-0.05, 0) is 12.1 Å². The first-order valence-electron chi connectivity index (χ1n) is 7.01. The first-order chi connectivity index (χ1) is 10.8. The van der Waals surface area contributed by atoms with Crippen LogP contribution in [0.4, 0.5) is 5.00 Å². The van der Waals surface area contributed by atoms with Crippen LogP contribution >= 0.6 is 11.3 Å². The predicted octanol–water partition coefficient (Wildman–Crippen LogP) is 3.04. The molecule has 0 saturated carbocycles. The second-order valence-electron chi connectivity index (χ2n) is 6.20. The van der Waals surface area contributed by atoms with Gasteiger partial charge in [-0.25, -0.2) is 9.67 Å². The third kappa shape index (κ3) is 4.78. The highest BCUT2D eigenvalue weighted by atomic mass is 32.1. The Morgan fingerprint density at radius 3 is 2.78 bits per heavy atom. The highest BCUT2D eigenvalue weighted by Gasteiger charge is 2.21. The molecule has 2 aromatic heterocycles. The zero-order valence-corrected chi connectivity index (χ0v) is 15.0. The standard InChI is InChI=1S/C13H18N4O4SSi/c1-23(2,3)5-4-21-9-16-8-14-12(15-16)11-6-10(7-18)13(22-11)17(19)20/h6-8H,4-5,9H2,1-3H3. The van der Waals surface area contributed by atoms with E-state index in [-0.39, 0.29) is 17.3 Å². The largest absolute Gasteiger partial charge is 0.359 e. The molecule has 0 radical (unpaired) electrons. The van der Waals surface area contributed by atoms with E-state index in [1.54, 1.807) is 0 Å². The van der Waals surface area contributed by atoms with E-state index in [1.807, 2.05) is 0 Å². The van der Waals surface area contributed by atoms with Crippen LogP contribution in [0.1, 0.15) is 10.4 Å². The fourth-order valence-electron chi connectivity index (χ4n) is 1.74. The number of carbonyl (C=O) groups is 1. The molecule has 0 bridgehead atoms. The molecule has 0 fully saturated rings. The number of nitrogens with zero attached hydrogens (tertiary/aromatic N) is 4. The van der Waals surface area contributed by atoms with Gasteiger partial charge in [-0.15, -0.1) is 5.10 Å². The SMILES string of the molecule is C[Si](C)(C)CCOCn1cnc(-c2cc(C=O)c([N+](=O)[O-])s2)n1. The molecule has 0 aliphatic heterocycles. The fraction of sp³-hybridized carbons (Fsp3) is 0.462. The summed E-state index contributed by atoms with van der Waals surface area (Å²) in [6.07, 6.45) is 1.98. The Morgan fingerprint density at radius 1 is 1.48 bits per heavy atom. The van der Waals surface area contributed by atoms with E-state index in [4.69, 9.17) is 4.74 Å². The van der Waals surface area contributed by atoms with Crippen molar-refractivity contribution < 1.29 is 14.5 Å². The minimum atomic E-state index is -1.13. The summed E-state index contributed by atoms with van der Waals surface area (Å²) in [6, 6.07) is 2.50. The van der Waals surface area contributed by atoms with Gasteiger partial charge in [-0.3, -0.25) is 14.9 Å². The topological polar surface area (TPSA) is 100 Å². The third-order valence-corrected chi connectivity index (χ3v) is 5.81. The van der Waals surface area contributed by atoms with Crippen molar-refractivity contribution in [3.8, 4) is 10.7 Å². The second kappa shape index (κ2) is 7.11. The van der Waals surface area contributed by atoms with Crippen LogP contribution in [-0.4, -0.2) is 40.7 Å². The smallest absolute Gasteiger partial charge is 0.335 e. The van der Waals surface area contributed by atoms with Gasteiger partial charge >= 0.3 is 5.00 Å². The number of ether oxygens (including phenoxy) is 1. The van der Waals surface area contributed by atoms with Crippen LogP contribution in [0.3, 0.4) is 0 Å². The number of hydrogen-bond acceptors (Lipinski definition) is 7. The molecule has 23 heavy (non-hydrogen) atoms. The number of hydrogen-bond donors (Lipinski definition) is 0. The van der Waals surface area contributed by atoms with Gasteiger partial charge in [0.1, 0.15) is 18.6 Å². The Labute approximate surface area is 138 Å². The number of rotatable bonds is 8. The van der Waals surface area contributed by atoms with E-state index in [1.165, 1.54) is 17.1 Å². The van der Waals surface area contributed by atoms with Crippen molar-refractivity contribution in [2.24, 2.45) is 0 Å². The van der Waals surface area contributed by atoms with Crippen LogP contribution in [-0.2, 0) is 11.5 Å². The fourth-order valence-corrected chi connectivity index (χ4v) is 3.37. The molecule has 2 rings (SSSR count). The monoisotopic (exact) mass is 354 g/mol. The summed E-state index contributed by atoms with van der Waals surface area (Å²) in [7, 11) is -1.13. The lowest BCUT2D eigenvalue weighted by atomic mass is 10.3. The molecule has 0 aliphatic carbocycles. The van der Waals surface area contributed by atoms with Crippen molar-refractivity contribution in [2.75, 3.05) is 6.61 Å². The number of aromatic nitrogens is 3. The minimum absolute atomic E-state index is 0.0396. The molecule has 0 aromatic carbocycles. The molecule has 0 aliphatic rings. The van der Waals surface area contributed by atoms with Gasteiger partial charge in [0.15, 0.2) is 12.1 Å². The first-order valence-corrected chi connectivity index (χ1v) is 11.5. The van der Waals surface area contributed by atoms with E-state index < -0.39 is 13.0 Å². The van der Waals surface area contributed by atoms with Crippen molar-refractivity contribution >= 4 is 30.7 Å². The van der Waals surface area contributed by atoms with Crippen molar-refractivity contribution in [1.29, 1.82) is 0 Å². The average Bonchev–Trinajstić information content (AvgIpc) is 3.08. The summed E-state index contributed by atoms with van der Waals surface area (Å²) in [4.78, 5) is 25.8. The van der Waals surface area contributed by atoms with E-state index in [2.05, 4.69) is 29.7 Å². The molecule has 2 heterocycles. The number of thiophene rings is 1. The van der Waals surface area contributed by atoms with Crippen LogP contribution in [0.2, 0.25) is 25.7 Å². The second-order valence-corrected chi connectivity index (χ2v) is 12.9. The van der Waals surface area contributed by atoms with Gasteiger partial charge in [-0.2, -0.15) is 0 Å². The zero-order chi connectivity index (χ0) is 17.0. The quantitative estimate of drug-likeness (QED) is 0.237. The van der Waals surface area contributed by atoms with Crippen LogP contribution in [0.25, 0.3) is 10.7 Å². The normalized spacial score (nSPS) is 11.6. The molecular formula is C13H18N4O4SSi. The first kappa shape index (κ1) is 17.4. The molecule has 0 atom stereocenters. The van der Waals surface area contributed by atoms with E-state index >= 15 is 0 Å². The van der Waals surface area contributed by atoms with Gasteiger partial charge in [-0.1, -0.05) is 31.0 Å². The highest BCUT2D eigenvalue weighted by Crippen LogP contribution is 2.34. The Morgan fingerprint density at radius 2 is 2.22 bits per heavy atom. The van der Waals surface area contributed by atoms with E-state index in [9.17, 15) is 14.9 Å². The molecule has 0 saturated heterocycles. The molecule has 0 unspecified atom stereocenters. The Balaban J connectivity index is 2.02. The summed E-state index contributed by atoms with van der Waals surface area (Å²) in [6.45, 7) is 7.78. The zero-order valence-electron chi connectivity index (χ0n) is 13.2. The highest BCUT2D eigenvalue weighted by molar-refractivity contribution is 7.19. The molecule has 2 aromatic rings. The molecule has 124 valence electrons. The van der Waals surface area contributed by atoms with Crippen molar-refractivity contribution in [2.45, 2.75) is 32.4 Å². The van der Waals surface area contributed by atoms with Gasteiger partial charge in [0, 0.05) is 14.7 Å². The van der Waals surface area contributed by atoms with Crippen molar-refractivity contribution in [3.63, 3.8) is 0 Å². The number of carbonyl (C=O) groups excluding carboxylic acids is 1. The summed E-state index contributed by atoms with van der Waals surface area (Å²) < 4.78 is 7.10. The van der Waals surface area contributed by atoms with Crippen LogP contribution < -0.4 is 0 Å². The van der Waals surface area contributed by atoms with Gasteiger partial charge in [0.05, 0.1) is 9.80 Å². The molecule has 0 N–H and O–H groups in total. The summed E-state index contributed by atoms with van der Waals surface area (Å²) in [5, 5.41) is 14.9. The predicted molar refractivity (Wildman–Crippen MR) is 89.5 cm³/mol. The van der Waals surface area contributed by atoms with Gasteiger partial charge in [0.25, 0.3) is 0 Å². The summed E-state index contributed by atoms with van der Waals surface area (Å²) >= 11 is 0.886. The third-order valence-electron chi connectivity index (χ3n) is 3.01. The molecular weight excluding hydrogens is 336 g/mol. The molecule has 0 spiro atoms. The van der Waals surface area contributed by atoms with Gasteiger partial charge < -0.3 is 4.74 Å². The Bertz CT molecular complexity index is 707. The Kier molecular flexibility index (Phi) is 5.39. The maximum Gasteiger partial charge on any atom is 0.335 e. The maximum absolute atomic E-state index is 10.9. The summed E-state index contributed by atoms with van der Waals surface area (Å²) in [5.41, 5.74) is 0.0396. The van der Waals surface area contributed by atoms with Crippen LogP contribution in [0.5, 0.6) is 0 Å². The molecule has 8 nitrogen and oxygen atoms in total. The average molecular weight is 354 g/mol. The maximum atomic E-state index is 10.9. The number of aldehydes is 1. The minimum Gasteiger partial charge on any atom is -0.359 e. The van der Waals surface area contributed by atoms with E-state index in [0.29, 0.717) is 23.6 Å². The van der Waals surface area contributed by atoms with Crippen molar-refractivity contribution in [3.05, 3.63) is 28.1 Å². The molecule has 0 amide bonds. The van der Waals surface area contributed by atoms with Crippen LogP contribution in [0, 0.1) is 10.1 Å². The lowest BCUT2D eigenvalue weighted by Crippen LogP contribution is -2.22.